The number of aromatic nitrogens is 2. The molecule has 1 amide bonds. The molecule has 6 nitrogen and oxygen atoms in total. The van der Waals surface area contributed by atoms with Crippen LogP contribution in [0.25, 0.3) is 0 Å². The fraction of sp³-hybridized carbons (Fsp3) is 0.261. The van der Waals surface area contributed by atoms with Gasteiger partial charge in [-0.25, -0.2) is 9.97 Å². The van der Waals surface area contributed by atoms with E-state index in [9.17, 15) is 4.79 Å². The van der Waals surface area contributed by atoms with Crippen LogP contribution < -0.4 is 15.0 Å². The van der Waals surface area contributed by atoms with Crippen molar-refractivity contribution in [3.8, 4) is 5.75 Å². The normalized spacial score (nSPS) is 13.1. The van der Waals surface area contributed by atoms with Crippen molar-refractivity contribution in [2.45, 2.75) is 32.8 Å². The summed E-state index contributed by atoms with van der Waals surface area (Å²) < 4.78 is 5.64. The molecular formula is C23H24N4O2. The third kappa shape index (κ3) is 4.37. The average Bonchev–Trinajstić information content (AvgIpc) is 2.74. The van der Waals surface area contributed by atoms with Gasteiger partial charge in [-0.05, 0) is 62.6 Å². The van der Waals surface area contributed by atoms with E-state index in [-0.39, 0.29) is 12.0 Å². The van der Waals surface area contributed by atoms with Crippen molar-refractivity contribution in [1.82, 2.24) is 9.97 Å². The number of rotatable bonds is 5. The Labute approximate surface area is 170 Å². The summed E-state index contributed by atoms with van der Waals surface area (Å²) in [5.74, 6) is 1.19. The molecule has 0 spiro atoms. The topological polar surface area (TPSA) is 67.3 Å². The van der Waals surface area contributed by atoms with Crippen molar-refractivity contribution in [2.75, 3.05) is 16.8 Å². The van der Waals surface area contributed by atoms with Gasteiger partial charge < -0.3 is 15.0 Å². The minimum Gasteiger partial charge on any atom is -0.491 e. The molecule has 3 aromatic rings. The molecule has 1 aliphatic heterocycles. The van der Waals surface area contributed by atoms with Crippen molar-refractivity contribution < 1.29 is 9.53 Å². The zero-order valence-corrected chi connectivity index (χ0v) is 16.6. The number of hydrogen-bond donors (Lipinski definition) is 1. The third-order valence-electron chi connectivity index (χ3n) is 4.74. The van der Waals surface area contributed by atoms with Gasteiger partial charge in [0, 0.05) is 30.3 Å². The number of hydrogen-bond acceptors (Lipinski definition) is 5. The first-order valence-electron chi connectivity index (χ1n) is 9.86. The van der Waals surface area contributed by atoms with Crippen LogP contribution in [0.4, 0.5) is 17.3 Å². The van der Waals surface area contributed by atoms with Crippen LogP contribution in [-0.4, -0.2) is 28.5 Å². The van der Waals surface area contributed by atoms with E-state index in [1.54, 1.807) is 12.4 Å². The van der Waals surface area contributed by atoms with Crippen LogP contribution in [0, 0.1) is 0 Å². The van der Waals surface area contributed by atoms with Gasteiger partial charge in [0.15, 0.2) is 0 Å². The van der Waals surface area contributed by atoms with E-state index >= 15 is 0 Å². The SMILES string of the molecule is CC(C)Oc1ccc(Nc2ncc(C(=O)N3CCCc4ccccc43)cn2)cc1. The van der Waals surface area contributed by atoms with Crippen LogP contribution in [0.15, 0.2) is 60.9 Å². The lowest BCUT2D eigenvalue weighted by atomic mass is 10.0. The number of benzene rings is 2. The molecular weight excluding hydrogens is 364 g/mol. The Balaban J connectivity index is 1.45. The van der Waals surface area contributed by atoms with Gasteiger partial charge in [-0.1, -0.05) is 18.2 Å². The van der Waals surface area contributed by atoms with Crippen molar-refractivity contribution in [3.63, 3.8) is 0 Å². The molecule has 0 bridgehead atoms. The summed E-state index contributed by atoms with van der Waals surface area (Å²) in [4.78, 5) is 23.4. The number of nitrogens with zero attached hydrogens (tertiary/aromatic N) is 3. The molecule has 0 radical (unpaired) electrons. The second kappa shape index (κ2) is 8.31. The zero-order chi connectivity index (χ0) is 20.2. The highest BCUT2D eigenvalue weighted by atomic mass is 16.5. The van der Waals surface area contributed by atoms with Gasteiger partial charge in [-0.15, -0.1) is 0 Å². The maximum Gasteiger partial charge on any atom is 0.261 e. The minimum atomic E-state index is -0.0705. The van der Waals surface area contributed by atoms with Crippen molar-refractivity contribution in [1.29, 1.82) is 0 Å². The van der Waals surface area contributed by atoms with Crippen LogP contribution >= 0.6 is 0 Å². The van der Waals surface area contributed by atoms with Crippen molar-refractivity contribution in [3.05, 3.63) is 72.1 Å². The zero-order valence-electron chi connectivity index (χ0n) is 16.6. The third-order valence-corrected chi connectivity index (χ3v) is 4.74. The van der Waals surface area contributed by atoms with E-state index in [0.29, 0.717) is 18.1 Å². The van der Waals surface area contributed by atoms with Crippen LogP contribution in [0.3, 0.4) is 0 Å². The molecule has 1 aromatic heterocycles. The molecule has 0 unspecified atom stereocenters. The van der Waals surface area contributed by atoms with E-state index in [2.05, 4.69) is 21.4 Å². The quantitative estimate of drug-likeness (QED) is 0.692. The number of amides is 1. The van der Waals surface area contributed by atoms with Gasteiger partial charge in [-0.3, -0.25) is 4.79 Å². The highest BCUT2D eigenvalue weighted by Crippen LogP contribution is 2.28. The predicted octanol–water partition coefficient (Wildman–Crippen LogP) is 4.60. The first-order valence-corrected chi connectivity index (χ1v) is 9.86. The second-order valence-corrected chi connectivity index (χ2v) is 7.30. The molecule has 1 aliphatic rings. The van der Waals surface area contributed by atoms with E-state index in [1.807, 2.05) is 61.2 Å². The van der Waals surface area contributed by atoms with Crippen LogP contribution in [-0.2, 0) is 6.42 Å². The predicted molar refractivity (Wildman–Crippen MR) is 114 cm³/mol. The molecule has 0 aliphatic carbocycles. The summed E-state index contributed by atoms with van der Waals surface area (Å²) in [7, 11) is 0. The Morgan fingerprint density at radius 1 is 1.07 bits per heavy atom. The van der Waals surface area contributed by atoms with Crippen LogP contribution in [0.5, 0.6) is 5.75 Å². The number of nitrogens with one attached hydrogen (secondary N) is 1. The smallest absolute Gasteiger partial charge is 0.261 e. The Morgan fingerprint density at radius 2 is 1.79 bits per heavy atom. The maximum atomic E-state index is 13.0. The van der Waals surface area contributed by atoms with E-state index in [0.717, 1.165) is 30.0 Å². The minimum absolute atomic E-state index is 0.0705. The highest BCUT2D eigenvalue weighted by Gasteiger charge is 2.23. The number of fused-ring (bicyclic) bond motifs is 1. The molecule has 2 aromatic carbocycles. The van der Waals surface area contributed by atoms with Crippen molar-refractivity contribution in [2.24, 2.45) is 0 Å². The number of aryl methyl sites for hydroxylation is 1. The Bertz CT molecular complexity index is 985. The van der Waals surface area contributed by atoms with Gasteiger partial charge in [0.1, 0.15) is 5.75 Å². The first-order chi connectivity index (χ1) is 14.1. The van der Waals surface area contributed by atoms with Gasteiger partial charge in [-0.2, -0.15) is 0 Å². The summed E-state index contributed by atoms with van der Waals surface area (Å²) in [5.41, 5.74) is 3.52. The number of anilines is 3. The fourth-order valence-corrected chi connectivity index (χ4v) is 3.42. The standard InChI is InChI=1S/C23H24N4O2/c1-16(2)29-20-11-9-19(10-12-20)26-23-24-14-18(15-25-23)22(28)27-13-5-7-17-6-3-4-8-21(17)27/h3-4,6,8-12,14-16H,5,7,13H2,1-2H3,(H,24,25,26). The summed E-state index contributed by atoms with van der Waals surface area (Å²) in [6.45, 7) is 4.69. The Morgan fingerprint density at radius 3 is 2.52 bits per heavy atom. The number of ether oxygens (including phenoxy) is 1. The van der Waals surface area contributed by atoms with Gasteiger partial charge >= 0.3 is 0 Å². The number of carbonyl (C=O) groups is 1. The molecule has 0 saturated carbocycles. The van der Waals surface area contributed by atoms with Crippen LogP contribution in [0.1, 0.15) is 36.2 Å². The summed E-state index contributed by atoms with van der Waals surface area (Å²) in [6.07, 6.45) is 5.24. The average molecular weight is 388 g/mol. The van der Waals surface area contributed by atoms with Gasteiger partial charge in [0.25, 0.3) is 5.91 Å². The number of carbonyl (C=O) groups excluding carboxylic acids is 1. The maximum absolute atomic E-state index is 13.0. The molecule has 1 N–H and O–H groups in total. The molecule has 0 fully saturated rings. The highest BCUT2D eigenvalue weighted by molar-refractivity contribution is 6.06. The fourth-order valence-electron chi connectivity index (χ4n) is 3.42. The molecule has 0 saturated heterocycles. The molecule has 4 rings (SSSR count). The lowest BCUT2D eigenvalue weighted by Gasteiger charge is -2.29. The van der Waals surface area contributed by atoms with Gasteiger partial charge in [0.05, 0.1) is 11.7 Å². The van der Waals surface area contributed by atoms with E-state index in [4.69, 9.17) is 4.74 Å². The molecule has 6 heteroatoms. The van der Waals surface area contributed by atoms with Crippen molar-refractivity contribution >= 4 is 23.2 Å². The van der Waals surface area contributed by atoms with Gasteiger partial charge in [0.2, 0.25) is 5.95 Å². The molecule has 148 valence electrons. The molecule has 2 heterocycles. The Kier molecular flexibility index (Phi) is 5.42. The largest absolute Gasteiger partial charge is 0.491 e. The van der Waals surface area contributed by atoms with E-state index < -0.39 is 0 Å². The van der Waals surface area contributed by atoms with Crippen LogP contribution in [0.2, 0.25) is 0 Å². The lowest BCUT2D eigenvalue weighted by Crippen LogP contribution is -2.35. The Hall–Kier alpha value is -3.41. The van der Waals surface area contributed by atoms with E-state index in [1.165, 1.54) is 5.56 Å². The lowest BCUT2D eigenvalue weighted by molar-refractivity contribution is 0.0984. The first kappa shape index (κ1) is 18.9. The summed E-state index contributed by atoms with van der Waals surface area (Å²) >= 11 is 0. The molecule has 0 atom stereocenters. The summed E-state index contributed by atoms with van der Waals surface area (Å²) in [5, 5.41) is 3.14. The summed E-state index contributed by atoms with van der Waals surface area (Å²) in [6, 6.07) is 15.7. The second-order valence-electron chi connectivity index (χ2n) is 7.30. The number of para-hydroxylation sites is 1. The monoisotopic (exact) mass is 388 g/mol. The molecule has 29 heavy (non-hydrogen) atoms.